The molecule has 3 aromatic carbocycles. The van der Waals surface area contributed by atoms with Crippen LogP contribution in [0.3, 0.4) is 0 Å². The molecule has 0 nitrogen and oxygen atoms in total. The zero-order valence-corrected chi connectivity index (χ0v) is 18.1. The Hall–Kier alpha value is -3.29. The average Bonchev–Trinajstić information content (AvgIpc) is 3.14. The standard InChI is InChI=1S/C30H27F/c1-3-5-6-7-8-9-22-13-16-28-26(18-22)21-27-19-23(14-17-29(27)28)10-11-24-12-15-25(4-2)30(31)20-24/h2,12-20H,3,5-9,21H2,1H3. The van der Waals surface area contributed by atoms with Gasteiger partial charge in [0, 0.05) is 11.1 Å². The van der Waals surface area contributed by atoms with E-state index in [0.717, 1.165) is 12.0 Å². The molecule has 0 saturated heterocycles. The van der Waals surface area contributed by atoms with Crippen LogP contribution >= 0.6 is 0 Å². The molecule has 1 aliphatic carbocycles. The van der Waals surface area contributed by atoms with Crippen LogP contribution in [-0.2, 0) is 12.8 Å². The third-order valence-electron chi connectivity index (χ3n) is 5.99. The summed E-state index contributed by atoms with van der Waals surface area (Å²) in [6.45, 7) is 2.26. The highest BCUT2D eigenvalue weighted by Crippen LogP contribution is 2.37. The quantitative estimate of drug-likeness (QED) is 0.233. The Labute approximate surface area is 185 Å². The van der Waals surface area contributed by atoms with Crippen LogP contribution < -0.4 is 0 Å². The van der Waals surface area contributed by atoms with Gasteiger partial charge in [0.2, 0.25) is 0 Å². The molecule has 0 radical (unpaired) electrons. The number of rotatable bonds is 6. The van der Waals surface area contributed by atoms with Crippen molar-refractivity contribution in [2.24, 2.45) is 0 Å². The maximum absolute atomic E-state index is 13.9. The highest BCUT2D eigenvalue weighted by Gasteiger charge is 2.18. The normalized spacial score (nSPS) is 11.3. The molecular weight excluding hydrogens is 379 g/mol. The number of aryl methyl sites for hydroxylation is 1. The van der Waals surface area contributed by atoms with E-state index in [0.29, 0.717) is 5.56 Å². The first-order chi connectivity index (χ1) is 15.2. The van der Waals surface area contributed by atoms with Crippen molar-refractivity contribution in [1.29, 1.82) is 0 Å². The molecule has 0 N–H and O–H groups in total. The fraction of sp³-hybridized carbons (Fsp3) is 0.267. The second-order valence-corrected chi connectivity index (χ2v) is 8.29. The number of benzene rings is 3. The minimum Gasteiger partial charge on any atom is -0.206 e. The Morgan fingerprint density at radius 1 is 0.806 bits per heavy atom. The second-order valence-electron chi connectivity index (χ2n) is 8.29. The molecule has 0 spiro atoms. The average molecular weight is 407 g/mol. The van der Waals surface area contributed by atoms with Gasteiger partial charge in [0.15, 0.2) is 0 Å². The van der Waals surface area contributed by atoms with Gasteiger partial charge in [0.05, 0.1) is 5.56 Å². The monoisotopic (exact) mass is 406 g/mol. The summed E-state index contributed by atoms with van der Waals surface area (Å²) in [5.74, 6) is 8.15. The first-order valence-electron chi connectivity index (χ1n) is 11.2. The van der Waals surface area contributed by atoms with Gasteiger partial charge in [-0.05, 0) is 77.4 Å². The van der Waals surface area contributed by atoms with Crippen molar-refractivity contribution < 1.29 is 4.39 Å². The second kappa shape index (κ2) is 9.68. The van der Waals surface area contributed by atoms with Crippen molar-refractivity contribution in [1.82, 2.24) is 0 Å². The highest BCUT2D eigenvalue weighted by atomic mass is 19.1. The summed E-state index contributed by atoms with van der Waals surface area (Å²) >= 11 is 0. The van der Waals surface area contributed by atoms with E-state index < -0.39 is 5.82 Å². The lowest BCUT2D eigenvalue weighted by molar-refractivity contribution is 0.624. The van der Waals surface area contributed by atoms with Crippen LogP contribution in [0.15, 0.2) is 54.6 Å². The number of hydrogen-bond donors (Lipinski definition) is 0. The van der Waals surface area contributed by atoms with Crippen molar-refractivity contribution in [3.8, 4) is 35.3 Å². The Balaban J connectivity index is 1.46. The van der Waals surface area contributed by atoms with Crippen LogP contribution in [0.4, 0.5) is 4.39 Å². The Bertz CT molecular complexity index is 1200. The van der Waals surface area contributed by atoms with Crippen molar-refractivity contribution in [3.05, 3.63) is 93.8 Å². The zero-order chi connectivity index (χ0) is 21.6. The van der Waals surface area contributed by atoms with Gasteiger partial charge in [-0.2, -0.15) is 0 Å². The first-order valence-corrected chi connectivity index (χ1v) is 11.2. The largest absolute Gasteiger partial charge is 0.206 e. The Morgan fingerprint density at radius 2 is 1.48 bits per heavy atom. The van der Waals surface area contributed by atoms with E-state index in [9.17, 15) is 4.39 Å². The molecule has 3 aromatic rings. The number of terminal acetylenes is 1. The minimum absolute atomic E-state index is 0.265. The molecule has 1 heteroatoms. The van der Waals surface area contributed by atoms with Crippen molar-refractivity contribution in [2.75, 3.05) is 0 Å². The molecule has 0 atom stereocenters. The number of halogens is 1. The summed E-state index contributed by atoms with van der Waals surface area (Å²) < 4.78 is 13.9. The number of hydrogen-bond acceptors (Lipinski definition) is 0. The Morgan fingerprint density at radius 3 is 2.23 bits per heavy atom. The summed E-state index contributed by atoms with van der Waals surface area (Å²) in [5, 5.41) is 0. The molecule has 154 valence electrons. The molecule has 0 aromatic heterocycles. The molecule has 0 aliphatic heterocycles. The van der Waals surface area contributed by atoms with E-state index in [1.807, 2.05) is 0 Å². The van der Waals surface area contributed by atoms with E-state index >= 15 is 0 Å². The molecule has 31 heavy (non-hydrogen) atoms. The van der Waals surface area contributed by atoms with Crippen molar-refractivity contribution in [2.45, 2.75) is 51.9 Å². The van der Waals surface area contributed by atoms with Crippen molar-refractivity contribution >= 4 is 0 Å². The van der Waals surface area contributed by atoms with E-state index in [4.69, 9.17) is 6.42 Å². The Kier molecular flexibility index (Phi) is 6.54. The number of unbranched alkanes of at least 4 members (excludes halogenated alkanes) is 4. The lowest BCUT2D eigenvalue weighted by Crippen LogP contribution is -1.89. The van der Waals surface area contributed by atoms with Crippen molar-refractivity contribution in [3.63, 3.8) is 0 Å². The van der Waals surface area contributed by atoms with Gasteiger partial charge in [0.1, 0.15) is 5.82 Å². The highest BCUT2D eigenvalue weighted by molar-refractivity contribution is 5.77. The van der Waals surface area contributed by atoms with E-state index in [2.05, 4.69) is 61.1 Å². The summed E-state index contributed by atoms with van der Waals surface area (Å²) in [7, 11) is 0. The lowest BCUT2D eigenvalue weighted by Gasteiger charge is -2.06. The van der Waals surface area contributed by atoms with Crippen LogP contribution in [0.2, 0.25) is 0 Å². The molecule has 0 amide bonds. The predicted molar refractivity (Wildman–Crippen MR) is 127 cm³/mol. The van der Waals surface area contributed by atoms with Gasteiger partial charge in [-0.3, -0.25) is 0 Å². The molecule has 0 unspecified atom stereocenters. The zero-order valence-electron chi connectivity index (χ0n) is 18.1. The molecule has 4 rings (SSSR count). The maximum Gasteiger partial charge on any atom is 0.140 e. The first kappa shape index (κ1) is 21.0. The van der Waals surface area contributed by atoms with Crippen LogP contribution in [0.1, 0.15) is 72.4 Å². The van der Waals surface area contributed by atoms with Gasteiger partial charge in [-0.15, -0.1) is 6.42 Å². The third-order valence-corrected chi connectivity index (χ3v) is 5.99. The molecule has 0 saturated carbocycles. The molecule has 0 heterocycles. The maximum atomic E-state index is 13.9. The number of fused-ring (bicyclic) bond motifs is 3. The van der Waals surface area contributed by atoms with Gasteiger partial charge >= 0.3 is 0 Å². The molecule has 1 aliphatic rings. The van der Waals surface area contributed by atoms with E-state index in [1.165, 1.54) is 72.4 Å². The topological polar surface area (TPSA) is 0 Å². The van der Waals surface area contributed by atoms with Crippen LogP contribution in [0.5, 0.6) is 0 Å². The van der Waals surface area contributed by atoms with Gasteiger partial charge in [0.25, 0.3) is 0 Å². The summed E-state index contributed by atoms with van der Waals surface area (Å²) in [6, 6.07) is 18.1. The van der Waals surface area contributed by atoms with E-state index in [-0.39, 0.29) is 5.56 Å². The van der Waals surface area contributed by atoms with Crippen LogP contribution in [0.25, 0.3) is 11.1 Å². The van der Waals surface area contributed by atoms with Gasteiger partial charge in [-0.1, -0.05) is 74.6 Å². The van der Waals surface area contributed by atoms with Gasteiger partial charge < -0.3 is 0 Å². The predicted octanol–water partition coefficient (Wildman–Crippen LogP) is 7.29. The fourth-order valence-electron chi connectivity index (χ4n) is 4.28. The summed E-state index contributed by atoms with van der Waals surface area (Å²) in [6.07, 6.45) is 14.0. The summed E-state index contributed by atoms with van der Waals surface area (Å²) in [5.41, 5.74) is 8.67. The summed E-state index contributed by atoms with van der Waals surface area (Å²) in [4.78, 5) is 0. The third kappa shape index (κ3) is 4.90. The lowest BCUT2D eigenvalue weighted by atomic mass is 9.99. The van der Waals surface area contributed by atoms with Gasteiger partial charge in [-0.25, -0.2) is 4.39 Å². The SMILES string of the molecule is C#Cc1ccc(C#Cc2ccc3c(c2)Cc2cc(CCCCCCC)ccc2-3)cc1F. The smallest absolute Gasteiger partial charge is 0.140 e. The molecule has 0 fully saturated rings. The van der Waals surface area contributed by atoms with Crippen LogP contribution in [-0.4, -0.2) is 0 Å². The fourth-order valence-corrected chi connectivity index (χ4v) is 4.28. The van der Waals surface area contributed by atoms with Crippen LogP contribution in [0, 0.1) is 30.0 Å². The van der Waals surface area contributed by atoms with E-state index in [1.54, 1.807) is 12.1 Å². The molecular formula is C30H27F. The minimum atomic E-state index is -0.403. The molecule has 0 bridgehead atoms.